The maximum absolute atomic E-state index is 13.8. The highest BCUT2D eigenvalue weighted by Gasteiger charge is 2.26. The Kier molecular flexibility index (Phi) is 6.32. The summed E-state index contributed by atoms with van der Waals surface area (Å²) in [6.45, 7) is 3.78. The Balaban J connectivity index is 2.48. The molecule has 0 saturated carbocycles. The number of halogens is 2. The average molecular weight is 402 g/mol. The molecule has 0 amide bonds. The highest BCUT2D eigenvalue weighted by Crippen LogP contribution is 2.37. The standard InChI is InChI=1S/C16H16F2N2O4S2/c1-3-19(4-2)26(23,24)12-6-8-16(14(10-12)20(21)22)25-15-7-5-11(17)9-13(15)18/h5-10H,3-4H2,1-2H3. The lowest BCUT2D eigenvalue weighted by Crippen LogP contribution is -2.30. The van der Waals surface area contributed by atoms with E-state index in [2.05, 4.69) is 0 Å². The molecule has 10 heteroatoms. The lowest BCUT2D eigenvalue weighted by Gasteiger charge is -2.18. The van der Waals surface area contributed by atoms with E-state index in [4.69, 9.17) is 0 Å². The molecule has 26 heavy (non-hydrogen) atoms. The van der Waals surface area contributed by atoms with Crippen LogP contribution in [0.1, 0.15) is 13.8 Å². The number of nitro benzene ring substituents is 1. The van der Waals surface area contributed by atoms with Gasteiger partial charge >= 0.3 is 0 Å². The van der Waals surface area contributed by atoms with Crippen LogP contribution >= 0.6 is 11.8 Å². The number of hydrogen-bond acceptors (Lipinski definition) is 5. The van der Waals surface area contributed by atoms with Crippen molar-refractivity contribution in [3.63, 3.8) is 0 Å². The van der Waals surface area contributed by atoms with Crippen molar-refractivity contribution in [1.82, 2.24) is 4.31 Å². The van der Waals surface area contributed by atoms with Crippen molar-refractivity contribution in [2.24, 2.45) is 0 Å². The summed E-state index contributed by atoms with van der Waals surface area (Å²) < 4.78 is 53.0. The monoisotopic (exact) mass is 402 g/mol. The van der Waals surface area contributed by atoms with Gasteiger partial charge in [0.25, 0.3) is 5.69 Å². The Morgan fingerprint density at radius 3 is 2.23 bits per heavy atom. The molecule has 0 spiro atoms. The smallest absolute Gasteiger partial charge is 0.258 e. The molecule has 0 aliphatic carbocycles. The molecule has 0 atom stereocenters. The molecule has 0 saturated heterocycles. The topological polar surface area (TPSA) is 80.5 Å². The number of nitrogens with zero attached hydrogens (tertiary/aromatic N) is 2. The first-order valence-electron chi connectivity index (χ1n) is 7.62. The normalized spacial score (nSPS) is 11.7. The summed E-state index contributed by atoms with van der Waals surface area (Å²) in [7, 11) is -3.86. The van der Waals surface area contributed by atoms with Crippen LogP contribution < -0.4 is 0 Å². The fourth-order valence-electron chi connectivity index (χ4n) is 2.28. The number of sulfonamides is 1. The highest BCUT2D eigenvalue weighted by molar-refractivity contribution is 7.99. The van der Waals surface area contributed by atoms with Crippen molar-refractivity contribution in [3.05, 3.63) is 58.1 Å². The number of nitro groups is 1. The van der Waals surface area contributed by atoms with Gasteiger partial charge in [-0.1, -0.05) is 25.6 Å². The van der Waals surface area contributed by atoms with Gasteiger partial charge in [-0.15, -0.1) is 0 Å². The van der Waals surface area contributed by atoms with Gasteiger partial charge in [0.05, 0.1) is 14.7 Å². The molecule has 0 heterocycles. The zero-order valence-electron chi connectivity index (χ0n) is 14.0. The summed E-state index contributed by atoms with van der Waals surface area (Å²) in [6.07, 6.45) is 0. The van der Waals surface area contributed by atoms with Crippen LogP contribution in [-0.2, 0) is 10.0 Å². The summed E-state index contributed by atoms with van der Waals surface area (Å²) >= 11 is 0.725. The predicted molar refractivity (Wildman–Crippen MR) is 93.7 cm³/mol. The highest BCUT2D eigenvalue weighted by atomic mass is 32.2. The van der Waals surface area contributed by atoms with Crippen LogP contribution in [0.2, 0.25) is 0 Å². The third-order valence-electron chi connectivity index (χ3n) is 3.58. The predicted octanol–water partition coefficient (Wildman–Crippen LogP) is 4.05. The third kappa shape index (κ3) is 4.19. The van der Waals surface area contributed by atoms with Crippen LogP contribution in [0.15, 0.2) is 51.1 Å². The molecular weight excluding hydrogens is 386 g/mol. The zero-order chi connectivity index (χ0) is 19.5. The van der Waals surface area contributed by atoms with Crippen molar-refractivity contribution in [2.45, 2.75) is 28.5 Å². The molecule has 0 radical (unpaired) electrons. The van der Waals surface area contributed by atoms with Gasteiger partial charge in [0.1, 0.15) is 11.6 Å². The zero-order valence-corrected chi connectivity index (χ0v) is 15.6. The van der Waals surface area contributed by atoms with Gasteiger partial charge in [0, 0.05) is 30.1 Å². The Morgan fingerprint density at radius 1 is 1.08 bits per heavy atom. The van der Waals surface area contributed by atoms with Gasteiger partial charge in [-0.3, -0.25) is 10.1 Å². The van der Waals surface area contributed by atoms with Crippen molar-refractivity contribution in [1.29, 1.82) is 0 Å². The van der Waals surface area contributed by atoms with Crippen molar-refractivity contribution < 1.29 is 22.1 Å². The minimum atomic E-state index is -3.86. The fourth-order valence-corrected chi connectivity index (χ4v) is 4.66. The number of hydrogen-bond donors (Lipinski definition) is 0. The summed E-state index contributed by atoms with van der Waals surface area (Å²) in [6, 6.07) is 6.33. The Hall–Kier alpha value is -2.04. The summed E-state index contributed by atoms with van der Waals surface area (Å²) in [5, 5.41) is 11.4. The molecule has 140 valence electrons. The van der Waals surface area contributed by atoms with Crippen molar-refractivity contribution >= 4 is 27.5 Å². The van der Waals surface area contributed by atoms with E-state index in [1.807, 2.05) is 0 Å². The van der Waals surface area contributed by atoms with Gasteiger partial charge in [-0.2, -0.15) is 4.31 Å². The number of benzene rings is 2. The lowest BCUT2D eigenvalue weighted by molar-refractivity contribution is -0.388. The van der Waals surface area contributed by atoms with Gasteiger partial charge in [0.2, 0.25) is 10.0 Å². The molecule has 6 nitrogen and oxygen atoms in total. The Bertz CT molecular complexity index is 932. The molecule has 2 rings (SSSR count). The van der Waals surface area contributed by atoms with E-state index in [0.29, 0.717) is 6.07 Å². The van der Waals surface area contributed by atoms with Crippen LogP contribution in [0.3, 0.4) is 0 Å². The van der Waals surface area contributed by atoms with Gasteiger partial charge in [-0.25, -0.2) is 17.2 Å². The summed E-state index contributed by atoms with van der Waals surface area (Å²) in [4.78, 5) is 10.5. The molecule has 0 aromatic heterocycles. The minimum absolute atomic E-state index is 0.00569. The second-order valence-corrected chi connectivity index (χ2v) is 8.17. The minimum Gasteiger partial charge on any atom is -0.258 e. The second-order valence-electron chi connectivity index (χ2n) is 5.15. The van der Waals surface area contributed by atoms with E-state index >= 15 is 0 Å². The third-order valence-corrected chi connectivity index (χ3v) is 6.75. The van der Waals surface area contributed by atoms with Crippen molar-refractivity contribution in [3.8, 4) is 0 Å². The van der Waals surface area contributed by atoms with Gasteiger partial charge in [0.15, 0.2) is 0 Å². The van der Waals surface area contributed by atoms with Crippen LogP contribution in [0.4, 0.5) is 14.5 Å². The van der Waals surface area contributed by atoms with E-state index in [1.54, 1.807) is 13.8 Å². The molecular formula is C16H16F2N2O4S2. The Morgan fingerprint density at radius 2 is 1.69 bits per heavy atom. The van der Waals surface area contributed by atoms with E-state index in [0.717, 1.165) is 23.9 Å². The first-order valence-corrected chi connectivity index (χ1v) is 9.87. The molecule has 2 aromatic rings. The molecule has 0 aliphatic heterocycles. The van der Waals surface area contributed by atoms with Gasteiger partial charge < -0.3 is 0 Å². The summed E-state index contributed by atoms with van der Waals surface area (Å²) in [5.41, 5.74) is -0.466. The second kappa shape index (κ2) is 8.11. The first-order chi connectivity index (χ1) is 12.2. The molecule has 0 bridgehead atoms. The summed E-state index contributed by atoms with van der Waals surface area (Å²) in [5.74, 6) is -1.62. The average Bonchev–Trinajstić information content (AvgIpc) is 2.58. The van der Waals surface area contributed by atoms with E-state index < -0.39 is 32.3 Å². The molecule has 0 unspecified atom stereocenters. The molecule has 0 aliphatic rings. The molecule has 2 aromatic carbocycles. The Labute approximate surface area is 154 Å². The SMILES string of the molecule is CCN(CC)S(=O)(=O)c1ccc(Sc2ccc(F)cc2F)c([N+](=O)[O-])c1. The van der Waals surface area contributed by atoms with Crippen LogP contribution in [0.25, 0.3) is 0 Å². The van der Waals surface area contributed by atoms with E-state index in [1.165, 1.54) is 22.5 Å². The largest absolute Gasteiger partial charge is 0.284 e. The van der Waals surface area contributed by atoms with Crippen LogP contribution in [0.5, 0.6) is 0 Å². The van der Waals surface area contributed by atoms with Crippen LogP contribution in [0, 0.1) is 21.7 Å². The molecule has 0 fully saturated rings. The maximum atomic E-state index is 13.8. The number of rotatable bonds is 7. The fraction of sp³-hybridized carbons (Fsp3) is 0.250. The van der Waals surface area contributed by atoms with Crippen LogP contribution in [-0.4, -0.2) is 30.7 Å². The first kappa shape index (κ1) is 20.3. The maximum Gasteiger partial charge on any atom is 0.284 e. The van der Waals surface area contributed by atoms with E-state index in [-0.39, 0.29) is 27.8 Å². The lowest BCUT2D eigenvalue weighted by atomic mass is 10.3. The van der Waals surface area contributed by atoms with Crippen molar-refractivity contribution in [2.75, 3.05) is 13.1 Å². The van der Waals surface area contributed by atoms with E-state index in [9.17, 15) is 27.3 Å². The quantitative estimate of drug-likeness (QED) is 0.515. The molecule has 0 N–H and O–H groups in total. The van der Waals surface area contributed by atoms with Gasteiger partial charge in [-0.05, 0) is 24.3 Å².